The Hall–Kier alpha value is -3.49. The lowest BCUT2D eigenvalue weighted by Crippen LogP contribution is -2.32. The van der Waals surface area contributed by atoms with E-state index in [0.29, 0.717) is 0 Å². The Morgan fingerprint density at radius 1 is 0.750 bits per heavy atom. The molecule has 0 aromatic heterocycles. The monoisotopic (exact) mass is 512 g/mol. The molecule has 3 rings (SSSR count). The third-order valence-electron chi connectivity index (χ3n) is 5.21. The van der Waals surface area contributed by atoms with Gasteiger partial charge in [0.1, 0.15) is 11.5 Å². The van der Waals surface area contributed by atoms with Crippen LogP contribution >= 0.6 is 0 Å². The largest absolute Gasteiger partial charge is 0.483 e. The number of hydrogen-bond donors (Lipinski definition) is 0. The summed E-state index contributed by atoms with van der Waals surface area (Å²) in [4.78, 5) is 0. The van der Waals surface area contributed by atoms with Crippen LogP contribution in [0.1, 0.15) is 42.9 Å². The second-order valence-electron chi connectivity index (χ2n) is 8.04. The molecule has 0 saturated carbocycles. The smallest absolute Gasteiger partial charge is 0.433 e. The van der Waals surface area contributed by atoms with Gasteiger partial charge in [-0.1, -0.05) is 44.0 Å². The molecule has 0 atom stereocenters. The first-order valence-corrected chi connectivity index (χ1v) is 11.2. The van der Waals surface area contributed by atoms with Gasteiger partial charge in [-0.2, -0.15) is 8.78 Å². The highest BCUT2D eigenvalue weighted by Gasteiger charge is 2.34. The van der Waals surface area contributed by atoms with Crippen LogP contribution in [0.3, 0.4) is 0 Å². The predicted molar refractivity (Wildman–Crippen MR) is 123 cm³/mol. The van der Waals surface area contributed by atoms with Gasteiger partial charge in [-0.15, -0.1) is 0 Å². The van der Waals surface area contributed by atoms with Crippen molar-refractivity contribution in [2.24, 2.45) is 0 Å². The van der Waals surface area contributed by atoms with Gasteiger partial charge in [-0.05, 0) is 42.7 Å². The van der Waals surface area contributed by atoms with Gasteiger partial charge in [-0.25, -0.2) is 22.0 Å². The number of hydrogen-bond acceptors (Lipinski definition) is 2. The van der Waals surface area contributed by atoms with Crippen LogP contribution in [0.4, 0.5) is 30.7 Å². The molecule has 0 fully saturated rings. The molecule has 0 radical (unpaired) electrons. The standard InChI is InChI=1S/C27H23F7O2/c1-2-3-4-5-17-6-8-18(9-7-17)24(30)25(31)19-10-12-20(13-11-19)35-16-27(33,34)36-21-14-22(28)26(32)23(29)15-21/h6-15H,2-5,16H2,1H3/b25-24+. The van der Waals surface area contributed by atoms with Crippen LogP contribution in [0.2, 0.25) is 0 Å². The summed E-state index contributed by atoms with van der Waals surface area (Å²) in [6, 6.07) is 11.6. The lowest BCUT2D eigenvalue weighted by molar-refractivity contribution is -0.195. The van der Waals surface area contributed by atoms with E-state index in [9.17, 15) is 30.7 Å². The van der Waals surface area contributed by atoms with Crippen LogP contribution in [0.25, 0.3) is 11.7 Å². The molecule has 36 heavy (non-hydrogen) atoms. The highest BCUT2D eigenvalue weighted by molar-refractivity contribution is 5.83. The number of alkyl halides is 2. The number of ether oxygens (including phenoxy) is 2. The number of aryl methyl sites for hydroxylation is 1. The average molecular weight is 512 g/mol. The fourth-order valence-electron chi connectivity index (χ4n) is 3.31. The van der Waals surface area contributed by atoms with Crippen molar-refractivity contribution in [3.63, 3.8) is 0 Å². The van der Waals surface area contributed by atoms with E-state index in [1.54, 1.807) is 12.1 Å². The van der Waals surface area contributed by atoms with E-state index in [-0.39, 0.29) is 29.0 Å². The predicted octanol–water partition coefficient (Wildman–Crippen LogP) is 8.65. The third-order valence-corrected chi connectivity index (χ3v) is 5.21. The zero-order valence-corrected chi connectivity index (χ0v) is 19.3. The Morgan fingerprint density at radius 3 is 1.81 bits per heavy atom. The number of benzene rings is 3. The number of unbranched alkanes of at least 4 members (excludes halogenated alkanes) is 2. The van der Waals surface area contributed by atoms with Gasteiger partial charge < -0.3 is 9.47 Å². The van der Waals surface area contributed by atoms with Gasteiger partial charge in [-0.3, -0.25) is 0 Å². The van der Waals surface area contributed by atoms with Gasteiger partial charge in [0.25, 0.3) is 0 Å². The molecule has 192 valence electrons. The average Bonchev–Trinajstić information content (AvgIpc) is 2.86. The minimum Gasteiger partial charge on any atom is -0.483 e. The second-order valence-corrected chi connectivity index (χ2v) is 8.04. The molecule has 9 heteroatoms. The van der Waals surface area contributed by atoms with E-state index < -0.39 is 47.6 Å². The minimum absolute atomic E-state index is 0.0672. The molecule has 0 aliphatic heterocycles. The summed E-state index contributed by atoms with van der Waals surface area (Å²) in [5.74, 6) is -8.46. The van der Waals surface area contributed by atoms with E-state index in [0.717, 1.165) is 55.5 Å². The molecule has 0 heterocycles. The summed E-state index contributed by atoms with van der Waals surface area (Å²) >= 11 is 0. The van der Waals surface area contributed by atoms with Crippen molar-refractivity contribution in [1.29, 1.82) is 0 Å². The fourth-order valence-corrected chi connectivity index (χ4v) is 3.31. The van der Waals surface area contributed by atoms with E-state index in [2.05, 4.69) is 11.7 Å². The summed E-state index contributed by atoms with van der Waals surface area (Å²) in [5.41, 5.74) is 0.960. The fraction of sp³-hybridized carbons (Fsp3) is 0.259. The molecular formula is C27H23F7O2. The zero-order chi connectivity index (χ0) is 26.3. The summed E-state index contributed by atoms with van der Waals surface area (Å²) in [6.45, 7) is 0.724. The Bertz CT molecular complexity index is 1170. The summed E-state index contributed by atoms with van der Waals surface area (Å²) in [5, 5.41) is 0. The van der Waals surface area contributed by atoms with Crippen LogP contribution in [0.5, 0.6) is 11.5 Å². The normalized spacial score (nSPS) is 12.3. The van der Waals surface area contributed by atoms with Gasteiger partial charge in [0.05, 0.1) is 0 Å². The topological polar surface area (TPSA) is 18.5 Å². The summed E-state index contributed by atoms with van der Waals surface area (Å²) in [6.07, 6.45) is 0.00122. The van der Waals surface area contributed by atoms with Crippen LogP contribution < -0.4 is 9.47 Å². The molecule has 3 aromatic rings. The first kappa shape index (κ1) is 27.1. The molecule has 0 aliphatic rings. The van der Waals surface area contributed by atoms with Crippen molar-refractivity contribution in [3.8, 4) is 11.5 Å². The van der Waals surface area contributed by atoms with Crippen LogP contribution in [0.15, 0.2) is 60.7 Å². The number of rotatable bonds is 11. The highest BCUT2D eigenvalue weighted by atomic mass is 19.3. The minimum atomic E-state index is -4.03. The lowest BCUT2D eigenvalue weighted by atomic mass is 10.0. The van der Waals surface area contributed by atoms with Gasteiger partial charge in [0.15, 0.2) is 35.7 Å². The van der Waals surface area contributed by atoms with Crippen molar-refractivity contribution in [3.05, 3.63) is 94.8 Å². The van der Waals surface area contributed by atoms with E-state index in [1.165, 1.54) is 12.1 Å². The maximum Gasteiger partial charge on any atom is 0.433 e. The molecule has 0 spiro atoms. The quantitative estimate of drug-likeness (QED) is 0.111. The first-order chi connectivity index (χ1) is 17.1. The molecule has 0 saturated heterocycles. The van der Waals surface area contributed by atoms with Crippen molar-refractivity contribution < 1.29 is 40.2 Å². The molecular weight excluding hydrogens is 489 g/mol. The van der Waals surface area contributed by atoms with Gasteiger partial charge in [0.2, 0.25) is 0 Å². The van der Waals surface area contributed by atoms with Gasteiger partial charge >= 0.3 is 6.11 Å². The Labute approximate surface area is 204 Å². The van der Waals surface area contributed by atoms with E-state index >= 15 is 0 Å². The maximum absolute atomic E-state index is 14.6. The third kappa shape index (κ3) is 7.26. The molecule has 0 N–H and O–H groups in total. The summed E-state index contributed by atoms with van der Waals surface area (Å²) < 4.78 is 106. The Balaban J connectivity index is 1.62. The maximum atomic E-state index is 14.6. The second kappa shape index (κ2) is 12.0. The van der Waals surface area contributed by atoms with Crippen LogP contribution in [-0.4, -0.2) is 12.7 Å². The zero-order valence-electron chi connectivity index (χ0n) is 19.3. The van der Waals surface area contributed by atoms with Gasteiger partial charge in [0, 0.05) is 23.3 Å². The Kier molecular flexibility index (Phi) is 9.01. The van der Waals surface area contributed by atoms with Crippen molar-refractivity contribution in [1.82, 2.24) is 0 Å². The van der Waals surface area contributed by atoms with Crippen molar-refractivity contribution in [2.45, 2.75) is 38.7 Å². The number of halogens is 7. The Morgan fingerprint density at radius 2 is 1.28 bits per heavy atom. The highest BCUT2D eigenvalue weighted by Crippen LogP contribution is 2.31. The SMILES string of the molecule is CCCCCc1ccc(/C(F)=C(\F)c2ccc(OCC(F)(F)Oc3cc(F)c(F)c(F)c3)cc2)cc1. The molecule has 0 unspecified atom stereocenters. The molecule has 3 aromatic carbocycles. The van der Waals surface area contributed by atoms with E-state index in [4.69, 9.17) is 4.74 Å². The molecule has 0 amide bonds. The molecule has 0 bridgehead atoms. The van der Waals surface area contributed by atoms with Crippen LogP contribution in [0, 0.1) is 17.5 Å². The van der Waals surface area contributed by atoms with Crippen LogP contribution in [-0.2, 0) is 6.42 Å². The molecule has 2 nitrogen and oxygen atoms in total. The van der Waals surface area contributed by atoms with E-state index in [1.807, 2.05) is 0 Å². The lowest BCUT2D eigenvalue weighted by Gasteiger charge is -2.18. The first-order valence-electron chi connectivity index (χ1n) is 11.2. The van der Waals surface area contributed by atoms with Crippen molar-refractivity contribution in [2.75, 3.05) is 6.61 Å². The molecule has 0 aliphatic carbocycles. The summed E-state index contributed by atoms with van der Waals surface area (Å²) in [7, 11) is 0. The van der Waals surface area contributed by atoms with Crippen molar-refractivity contribution >= 4 is 11.7 Å².